The Balaban J connectivity index is 1.94. The van der Waals surface area contributed by atoms with Gasteiger partial charge in [-0.25, -0.2) is 0 Å². The van der Waals surface area contributed by atoms with Crippen molar-refractivity contribution in [3.63, 3.8) is 0 Å². The van der Waals surface area contributed by atoms with E-state index in [0.29, 0.717) is 25.8 Å². The smallest absolute Gasteiger partial charge is 0.306 e. The van der Waals surface area contributed by atoms with Gasteiger partial charge in [0, 0.05) is 18.5 Å². The van der Waals surface area contributed by atoms with Crippen molar-refractivity contribution < 1.29 is 19.8 Å². The average molecular weight is 255 g/mol. The quantitative estimate of drug-likeness (QED) is 0.764. The van der Waals surface area contributed by atoms with Crippen molar-refractivity contribution in [1.29, 1.82) is 0 Å². The average Bonchev–Trinajstić information content (AvgIpc) is 2.74. The van der Waals surface area contributed by atoms with Crippen LogP contribution >= 0.6 is 0 Å². The first kappa shape index (κ1) is 13.3. The van der Waals surface area contributed by atoms with Gasteiger partial charge in [0.1, 0.15) is 0 Å². The van der Waals surface area contributed by atoms with Gasteiger partial charge in [0.15, 0.2) is 0 Å². The van der Waals surface area contributed by atoms with E-state index in [0.717, 1.165) is 19.3 Å². The Labute approximate surface area is 107 Å². The number of hydrogen-bond donors (Lipinski definition) is 2. The molecule has 0 aromatic heterocycles. The van der Waals surface area contributed by atoms with Gasteiger partial charge in [-0.1, -0.05) is 0 Å². The van der Waals surface area contributed by atoms with Gasteiger partial charge in [-0.05, 0) is 38.5 Å². The van der Waals surface area contributed by atoms with E-state index < -0.39 is 5.97 Å². The third-order valence-corrected chi connectivity index (χ3v) is 4.27. The van der Waals surface area contributed by atoms with Crippen LogP contribution in [0.4, 0.5) is 0 Å². The zero-order valence-electron chi connectivity index (χ0n) is 10.5. The number of carboxylic acids is 1. The van der Waals surface area contributed by atoms with E-state index in [1.54, 1.807) is 4.90 Å². The number of carbonyl (C=O) groups excluding carboxylic acids is 1. The number of hydrogen-bond acceptors (Lipinski definition) is 3. The van der Waals surface area contributed by atoms with E-state index in [-0.39, 0.29) is 30.4 Å². The highest BCUT2D eigenvalue weighted by atomic mass is 16.4. The lowest BCUT2D eigenvalue weighted by Crippen LogP contribution is -2.47. The Kier molecular flexibility index (Phi) is 4.22. The van der Waals surface area contributed by atoms with Crippen LogP contribution in [-0.4, -0.2) is 46.2 Å². The standard InChI is InChI=1S/C13H21NO4/c15-7-6-14(11-2-1-3-11)12(16)9-4-5-10(8-9)13(17)18/h9-11,15H,1-8H2,(H,17,18)/t9-,10+/m1/s1. The molecule has 2 saturated carbocycles. The lowest BCUT2D eigenvalue weighted by Gasteiger charge is -2.38. The Hall–Kier alpha value is -1.10. The fourth-order valence-corrected chi connectivity index (χ4v) is 2.94. The van der Waals surface area contributed by atoms with E-state index >= 15 is 0 Å². The molecule has 2 rings (SSSR count). The van der Waals surface area contributed by atoms with Crippen LogP contribution in [0.3, 0.4) is 0 Å². The minimum Gasteiger partial charge on any atom is -0.481 e. The molecular weight excluding hydrogens is 234 g/mol. The van der Waals surface area contributed by atoms with Crippen LogP contribution < -0.4 is 0 Å². The molecule has 2 aliphatic rings. The topological polar surface area (TPSA) is 77.8 Å². The van der Waals surface area contributed by atoms with Crippen molar-refractivity contribution in [3.05, 3.63) is 0 Å². The van der Waals surface area contributed by atoms with Crippen molar-refractivity contribution in [2.75, 3.05) is 13.2 Å². The van der Waals surface area contributed by atoms with Gasteiger partial charge in [-0.15, -0.1) is 0 Å². The third-order valence-electron chi connectivity index (χ3n) is 4.27. The molecule has 2 fully saturated rings. The zero-order chi connectivity index (χ0) is 13.1. The maximum Gasteiger partial charge on any atom is 0.306 e. The van der Waals surface area contributed by atoms with Gasteiger partial charge in [0.25, 0.3) is 0 Å². The van der Waals surface area contributed by atoms with Crippen molar-refractivity contribution in [3.8, 4) is 0 Å². The summed E-state index contributed by atoms with van der Waals surface area (Å²) in [6.45, 7) is 0.370. The molecule has 102 valence electrons. The fourth-order valence-electron chi connectivity index (χ4n) is 2.94. The molecule has 0 radical (unpaired) electrons. The maximum atomic E-state index is 12.4. The Morgan fingerprint density at radius 1 is 1.11 bits per heavy atom. The minimum absolute atomic E-state index is 0.0165. The molecule has 0 aromatic carbocycles. The number of amides is 1. The molecule has 0 heterocycles. The lowest BCUT2D eigenvalue weighted by molar-refractivity contribution is -0.142. The van der Waals surface area contributed by atoms with E-state index in [2.05, 4.69) is 0 Å². The number of aliphatic hydroxyl groups excluding tert-OH is 1. The van der Waals surface area contributed by atoms with Gasteiger partial charge in [0.05, 0.1) is 12.5 Å². The third kappa shape index (κ3) is 2.66. The van der Waals surface area contributed by atoms with Crippen LogP contribution in [0.15, 0.2) is 0 Å². The monoisotopic (exact) mass is 255 g/mol. The predicted molar refractivity (Wildman–Crippen MR) is 64.9 cm³/mol. The summed E-state index contributed by atoms with van der Waals surface area (Å²) in [5.74, 6) is -1.25. The summed E-state index contributed by atoms with van der Waals surface area (Å²) in [6.07, 6.45) is 4.90. The molecule has 5 nitrogen and oxygen atoms in total. The normalized spacial score (nSPS) is 27.8. The van der Waals surface area contributed by atoms with Crippen molar-refractivity contribution in [1.82, 2.24) is 4.90 Å². The molecule has 0 aliphatic heterocycles. The molecule has 1 amide bonds. The molecule has 0 spiro atoms. The van der Waals surface area contributed by atoms with E-state index in [1.807, 2.05) is 0 Å². The molecule has 2 atom stereocenters. The summed E-state index contributed by atoms with van der Waals surface area (Å²) >= 11 is 0. The Morgan fingerprint density at radius 3 is 2.22 bits per heavy atom. The van der Waals surface area contributed by atoms with Crippen LogP contribution in [0.25, 0.3) is 0 Å². The van der Waals surface area contributed by atoms with Gasteiger partial charge >= 0.3 is 5.97 Å². The van der Waals surface area contributed by atoms with E-state index in [1.165, 1.54) is 0 Å². The molecule has 0 aromatic rings. The molecule has 2 aliphatic carbocycles. The van der Waals surface area contributed by atoms with Gasteiger partial charge in [-0.3, -0.25) is 9.59 Å². The molecule has 0 unspecified atom stereocenters. The second-order valence-corrected chi connectivity index (χ2v) is 5.39. The number of rotatable bonds is 5. The first-order valence-electron chi connectivity index (χ1n) is 6.77. The largest absolute Gasteiger partial charge is 0.481 e. The number of carboxylic acid groups (broad SMARTS) is 1. The van der Waals surface area contributed by atoms with Crippen LogP contribution in [0.1, 0.15) is 38.5 Å². The van der Waals surface area contributed by atoms with Crippen LogP contribution in [0.5, 0.6) is 0 Å². The number of aliphatic carboxylic acids is 1. The van der Waals surface area contributed by atoms with Gasteiger partial charge < -0.3 is 15.1 Å². The molecule has 2 N–H and O–H groups in total. The van der Waals surface area contributed by atoms with Crippen LogP contribution in [0, 0.1) is 11.8 Å². The van der Waals surface area contributed by atoms with Crippen LogP contribution in [-0.2, 0) is 9.59 Å². The lowest BCUT2D eigenvalue weighted by atomic mass is 9.90. The first-order valence-corrected chi connectivity index (χ1v) is 6.77. The molecular formula is C13H21NO4. The minimum atomic E-state index is -0.789. The van der Waals surface area contributed by atoms with Gasteiger partial charge in [-0.2, -0.15) is 0 Å². The van der Waals surface area contributed by atoms with Crippen LogP contribution in [0.2, 0.25) is 0 Å². The molecule has 0 saturated heterocycles. The highest BCUT2D eigenvalue weighted by molar-refractivity contribution is 5.81. The summed E-state index contributed by atoms with van der Waals surface area (Å²) in [4.78, 5) is 25.0. The van der Waals surface area contributed by atoms with Crippen molar-refractivity contribution in [2.45, 2.75) is 44.6 Å². The summed E-state index contributed by atoms with van der Waals surface area (Å²) in [7, 11) is 0. The SMILES string of the molecule is O=C(O)[C@H]1CC[C@@H](C(=O)N(CCO)C2CCC2)C1. The summed E-state index contributed by atoms with van der Waals surface area (Å²) in [5.41, 5.74) is 0. The first-order chi connectivity index (χ1) is 8.63. The van der Waals surface area contributed by atoms with E-state index in [4.69, 9.17) is 10.2 Å². The summed E-state index contributed by atoms with van der Waals surface area (Å²) in [5, 5.41) is 18.0. The molecule has 18 heavy (non-hydrogen) atoms. The zero-order valence-corrected chi connectivity index (χ0v) is 10.5. The fraction of sp³-hybridized carbons (Fsp3) is 0.846. The van der Waals surface area contributed by atoms with E-state index in [9.17, 15) is 9.59 Å². The Bertz CT molecular complexity index is 327. The molecule has 5 heteroatoms. The Morgan fingerprint density at radius 2 is 1.78 bits per heavy atom. The second kappa shape index (κ2) is 5.69. The summed E-state index contributed by atoms with van der Waals surface area (Å²) < 4.78 is 0. The highest BCUT2D eigenvalue weighted by Gasteiger charge is 2.38. The molecule has 0 bridgehead atoms. The van der Waals surface area contributed by atoms with Crippen molar-refractivity contribution in [2.24, 2.45) is 11.8 Å². The maximum absolute atomic E-state index is 12.4. The second-order valence-electron chi connectivity index (χ2n) is 5.39. The predicted octanol–water partition coefficient (Wildman–Crippen LogP) is 0.861. The number of aliphatic hydroxyl groups is 1. The number of carbonyl (C=O) groups is 2. The number of nitrogens with zero attached hydrogens (tertiary/aromatic N) is 1. The highest BCUT2D eigenvalue weighted by Crippen LogP contribution is 2.34. The van der Waals surface area contributed by atoms with Crippen molar-refractivity contribution >= 4 is 11.9 Å². The summed E-state index contributed by atoms with van der Waals surface area (Å²) in [6, 6.07) is 0.272. The van der Waals surface area contributed by atoms with Gasteiger partial charge in [0.2, 0.25) is 5.91 Å².